The zero-order valence-corrected chi connectivity index (χ0v) is 8.67. The Morgan fingerprint density at radius 2 is 2.06 bits per heavy atom. The van der Waals surface area contributed by atoms with Gasteiger partial charge in [-0.1, -0.05) is 12.1 Å². The van der Waals surface area contributed by atoms with Crippen LogP contribution in [-0.2, 0) is 6.61 Å². The van der Waals surface area contributed by atoms with Crippen LogP contribution in [0.1, 0.15) is 5.69 Å². The summed E-state index contributed by atoms with van der Waals surface area (Å²) < 4.78 is 14.3. The van der Waals surface area contributed by atoms with Crippen molar-refractivity contribution >= 4 is 0 Å². The lowest BCUT2D eigenvalue weighted by molar-refractivity contribution is 0.266. The Morgan fingerprint density at radius 1 is 1.35 bits per heavy atom. The molecule has 88 valence electrons. The molecule has 0 unspecified atom stereocenters. The smallest absolute Gasteiger partial charge is 0.275 e. The molecule has 1 aromatic heterocycles. The van der Waals surface area contributed by atoms with E-state index in [1.807, 2.05) is 0 Å². The molecule has 0 saturated heterocycles. The van der Waals surface area contributed by atoms with Crippen LogP contribution in [-0.4, -0.2) is 20.0 Å². The van der Waals surface area contributed by atoms with Crippen molar-refractivity contribution in [2.45, 2.75) is 6.61 Å². The molecule has 0 aliphatic rings. The summed E-state index contributed by atoms with van der Waals surface area (Å²) in [6.45, 7) is -0.541. The Bertz CT molecular complexity index is 610. The molecule has 0 radical (unpaired) electrons. The molecule has 0 atom stereocenters. The fourth-order valence-corrected chi connectivity index (χ4v) is 1.39. The maximum Gasteiger partial charge on any atom is 0.275 e. The summed E-state index contributed by atoms with van der Waals surface area (Å²) in [5.74, 6) is -1.03. The Balaban J connectivity index is 2.68. The Morgan fingerprint density at radius 3 is 2.71 bits per heavy atom. The SMILES string of the molecule is O=c1cc(O)c(CO)nn1-c1ccccc1F. The van der Waals surface area contributed by atoms with Gasteiger partial charge in [0.05, 0.1) is 6.61 Å². The van der Waals surface area contributed by atoms with Crippen LogP contribution in [0.4, 0.5) is 4.39 Å². The summed E-state index contributed by atoms with van der Waals surface area (Å²) in [6.07, 6.45) is 0. The highest BCUT2D eigenvalue weighted by Crippen LogP contribution is 2.14. The molecule has 1 aromatic carbocycles. The third kappa shape index (κ3) is 2.02. The van der Waals surface area contributed by atoms with Crippen LogP contribution in [0, 0.1) is 5.82 Å². The monoisotopic (exact) mass is 236 g/mol. The van der Waals surface area contributed by atoms with Gasteiger partial charge in [-0.15, -0.1) is 0 Å². The number of aromatic hydroxyl groups is 1. The molecular weight excluding hydrogens is 227 g/mol. The molecule has 5 nitrogen and oxygen atoms in total. The van der Waals surface area contributed by atoms with Gasteiger partial charge in [-0.05, 0) is 12.1 Å². The molecule has 17 heavy (non-hydrogen) atoms. The van der Waals surface area contributed by atoms with Crippen LogP contribution in [0.5, 0.6) is 5.75 Å². The summed E-state index contributed by atoms with van der Waals surface area (Å²) in [7, 11) is 0. The van der Waals surface area contributed by atoms with Crippen LogP contribution >= 0.6 is 0 Å². The number of aliphatic hydroxyl groups excluding tert-OH is 1. The lowest BCUT2D eigenvalue weighted by Gasteiger charge is -2.07. The van der Waals surface area contributed by atoms with E-state index in [9.17, 15) is 14.3 Å². The molecule has 0 aliphatic carbocycles. The summed E-state index contributed by atoms with van der Waals surface area (Å²) in [6, 6.07) is 6.48. The van der Waals surface area contributed by atoms with Crippen LogP contribution < -0.4 is 5.56 Å². The van der Waals surface area contributed by atoms with Gasteiger partial charge in [-0.2, -0.15) is 9.78 Å². The second kappa shape index (κ2) is 4.34. The number of aliphatic hydroxyl groups is 1. The highest BCUT2D eigenvalue weighted by molar-refractivity contribution is 5.34. The molecule has 6 heteroatoms. The van der Waals surface area contributed by atoms with E-state index in [4.69, 9.17) is 5.11 Å². The molecule has 1 heterocycles. The molecule has 2 rings (SSSR count). The third-order valence-corrected chi connectivity index (χ3v) is 2.22. The van der Waals surface area contributed by atoms with E-state index in [-0.39, 0.29) is 11.4 Å². The van der Waals surface area contributed by atoms with Crippen LogP contribution in [0.3, 0.4) is 0 Å². The van der Waals surface area contributed by atoms with Crippen molar-refractivity contribution in [3.05, 3.63) is 52.2 Å². The van der Waals surface area contributed by atoms with Gasteiger partial charge in [-0.25, -0.2) is 4.39 Å². The Hall–Kier alpha value is -2.21. The first kappa shape index (κ1) is 11.3. The van der Waals surface area contributed by atoms with E-state index in [0.717, 1.165) is 10.7 Å². The van der Waals surface area contributed by atoms with Crippen molar-refractivity contribution in [2.24, 2.45) is 0 Å². The van der Waals surface area contributed by atoms with E-state index in [1.54, 1.807) is 6.07 Å². The minimum atomic E-state index is -0.676. The number of benzene rings is 1. The normalized spacial score (nSPS) is 10.5. The van der Waals surface area contributed by atoms with Gasteiger partial charge in [0.25, 0.3) is 5.56 Å². The zero-order chi connectivity index (χ0) is 12.4. The van der Waals surface area contributed by atoms with Crippen molar-refractivity contribution < 1.29 is 14.6 Å². The first-order valence-electron chi connectivity index (χ1n) is 4.81. The van der Waals surface area contributed by atoms with Crippen molar-refractivity contribution in [3.63, 3.8) is 0 Å². The maximum atomic E-state index is 13.5. The first-order valence-corrected chi connectivity index (χ1v) is 4.81. The molecule has 0 amide bonds. The summed E-state index contributed by atoms with van der Waals surface area (Å²) >= 11 is 0. The van der Waals surface area contributed by atoms with Gasteiger partial charge < -0.3 is 10.2 Å². The second-order valence-corrected chi connectivity index (χ2v) is 3.34. The van der Waals surface area contributed by atoms with E-state index < -0.39 is 23.7 Å². The number of nitrogens with zero attached hydrogens (tertiary/aromatic N) is 2. The standard InChI is InChI=1S/C11H9FN2O3/c12-7-3-1-2-4-9(7)14-11(17)5-10(16)8(6-15)13-14/h1-5,15-16H,6H2. The van der Waals surface area contributed by atoms with Crippen molar-refractivity contribution in [3.8, 4) is 11.4 Å². The van der Waals surface area contributed by atoms with E-state index in [2.05, 4.69) is 5.10 Å². The van der Waals surface area contributed by atoms with E-state index in [0.29, 0.717) is 0 Å². The average Bonchev–Trinajstić information content (AvgIpc) is 2.31. The first-order chi connectivity index (χ1) is 8.13. The van der Waals surface area contributed by atoms with Gasteiger partial charge >= 0.3 is 0 Å². The quantitative estimate of drug-likeness (QED) is 0.799. The number of aromatic nitrogens is 2. The highest BCUT2D eigenvalue weighted by atomic mass is 19.1. The summed E-state index contributed by atoms with van der Waals surface area (Å²) in [5.41, 5.74) is -0.801. The predicted octanol–water partition coefficient (Wildman–Crippen LogP) is 0.570. The van der Waals surface area contributed by atoms with Crippen LogP contribution in [0.25, 0.3) is 5.69 Å². The maximum absolute atomic E-state index is 13.5. The van der Waals surface area contributed by atoms with Gasteiger partial charge in [0.2, 0.25) is 0 Å². The Kier molecular flexibility index (Phi) is 2.88. The number of hydrogen-bond acceptors (Lipinski definition) is 4. The molecule has 0 aliphatic heterocycles. The highest BCUT2D eigenvalue weighted by Gasteiger charge is 2.11. The fourth-order valence-electron chi connectivity index (χ4n) is 1.39. The molecule has 2 aromatic rings. The minimum Gasteiger partial charge on any atom is -0.506 e. The third-order valence-electron chi connectivity index (χ3n) is 2.22. The number of hydrogen-bond donors (Lipinski definition) is 2. The molecule has 0 fully saturated rings. The van der Waals surface area contributed by atoms with Crippen LogP contribution in [0.15, 0.2) is 35.1 Å². The summed E-state index contributed by atoms with van der Waals surface area (Å²) in [5, 5.41) is 21.9. The predicted molar refractivity (Wildman–Crippen MR) is 57.4 cm³/mol. The fraction of sp³-hybridized carbons (Fsp3) is 0.0909. The molecule has 0 spiro atoms. The molecule has 0 bridgehead atoms. The molecule has 2 N–H and O–H groups in total. The van der Waals surface area contributed by atoms with E-state index in [1.165, 1.54) is 18.2 Å². The minimum absolute atomic E-state index is 0.0350. The molecule has 0 saturated carbocycles. The van der Waals surface area contributed by atoms with Crippen molar-refractivity contribution in [1.29, 1.82) is 0 Å². The lowest BCUT2D eigenvalue weighted by Crippen LogP contribution is -2.22. The average molecular weight is 236 g/mol. The van der Waals surface area contributed by atoms with Gasteiger partial charge in [0, 0.05) is 6.07 Å². The summed E-state index contributed by atoms with van der Waals surface area (Å²) in [4.78, 5) is 11.6. The van der Waals surface area contributed by atoms with Gasteiger partial charge in [0.1, 0.15) is 22.9 Å². The van der Waals surface area contributed by atoms with Gasteiger partial charge in [-0.3, -0.25) is 4.79 Å². The number of rotatable bonds is 2. The topological polar surface area (TPSA) is 75.3 Å². The van der Waals surface area contributed by atoms with Crippen LogP contribution in [0.2, 0.25) is 0 Å². The van der Waals surface area contributed by atoms with E-state index >= 15 is 0 Å². The lowest BCUT2D eigenvalue weighted by atomic mass is 10.3. The number of para-hydroxylation sites is 1. The molecular formula is C11H9FN2O3. The van der Waals surface area contributed by atoms with Gasteiger partial charge in [0.15, 0.2) is 0 Å². The largest absolute Gasteiger partial charge is 0.506 e. The Labute approximate surface area is 95.4 Å². The van der Waals surface area contributed by atoms with Crippen molar-refractivity contribution in [1.82, 2.24) is 9.78 Å². The van der Waals surface area contributed by atoms with Crippen molar-refractivity contribution in [2.75, 3.05) is 0 Å². The number of halogens is 1. The zero-order valence-electron chi connectivity index (χ0n) is 8.67. The second-order valence-electron chi connectivity index (χ2n) is 3.34.